The van der Waals surface area contributed by atoms with E-state index >= 15 is 0 Å². The molecule has 4 saturated heterocycles. The number of ether oxygens (including phenoxy) is 3. The van der Waals surface area contributed by atoms with Crippen molar-refractivity contribution < 1.29 is 29.1 Å². The highest BCUT2D eigenvalue weighted by Crippen LogP contribution is 2.60. The highest BCUT2D eigenvalue weighted by atomic mass is 17.3. The predicted octanol–water partition coefficient (Wildman–Crippen LogP) is 3.93. The predicted molar refractivity (Wildman–Crippen MR) is 103 cm³/mol. The minimum Gasteiger partial charge on any atom is -0.389 e. The first-order valence-corrected chi connectivity index (χ1v) is 10.9. The highest BCUT2D eigenvalue weighted by molar-refractivity contribution is 5.09. The van der Waals surface area contributed by atoms with Crippen LogP contribution in [0.4, 0.5) is 0 Å². The van der Waals surface area contributed by atoms with Gasteiger partial charge in [-0.25, -0.2) is 9.78 Å². The Balaban J connectivity index is 1.51. The van der Waals surface area contributed by atoms with E-state index in [-0.39, 0.29) is 18.1 Å². The zero-order chi connectivity index (χ0) is 20.1. The molecule has 0 aromatic heterocycles. The van der Waals surface area contributed by atoms with Gasteiger partial charge in [-0.15, -0.1) is 0 Å². The molecule has 1 saturated carbocycles. The number of aliphatic hydroxyl groups is 1. The van der Waals surface area contributed by atoms with Crippen LogP contribution in [0.25, 0.3) is 0 Å². The number of aliphatic hydroxyl groups excluding tert-OH is 1. The Bertz CT molecular complexity index is 604. The largest absolute Gasteiger partial charge is 0.389 e. The minimum atomic E-state index is -0.762. The van der Waals surface area contributed by atoms with Crippen LogP contribution in [0.5, 0.6) is 0 Å². The van der Waals surface area contributed by atoms with Gasteiger partial charge >= 0.3 is 0 Å². The van der Waals surface area contributed by atoms with E-state index in [9.17, 15) is 5.11 Å². The molecule has 4 heterocycles. The first-order valence-electron chi connectivity index (χ1n) is 10.9. The number of fused-ring (bicyclic) bond motifs is 2. The molecule has 1 N–H and O–H groups in total. The van der Waals surface area contributed by atoms with Gasteiger partial charge in [-0.1, -0.05) is 25.5 Å². The van der Waals surface area contributed by atoms with Gasteiger partial charge in [-0.3, -0.25) is 0 Å². The normalized spacial score (nSPS) is 48.5. The first kappa shape index (κ1) is 20.8. The molecule has 2 bridgehead atoms. The molecule has 1 spiro atoms. The fraction of sp³-hybridized carbons (Fsp3) is 0.909. The van der Waals surface area contributed by atoms with E-state index in [1.165, 1.54) is 6.42 Å². The molecule has 5 fully saturated rings. The molecule has 6 nitrogen and oxygen atoms in total. The Labute approximate surface area is 168 Å². The molecule has 9 atom stereocenters. The maximum absolute atomic E-state index is 10.1. The summed E-state index contributed by atoms with van der Waals surface area (Å²) < 4.78 is 18.8. The topological polar surface area (TPSA) is 66.4 Å². The van der Waals surface area contributed by atoms with Crippen LogP contribution < -0.4 is 0 Å². The number of allylic oxidation sites excluding steroid dienone is 1. The second-order valence-electron chi connectivity index (χ2n) is 9.74. The smallest absolute Gasteiger partial charge is 0.201 e. The van der Waals surface area contributed by atoms with Crippen molar-refractivity contribution in [1.82, 2.24) is 0 Å². The van der Waals surface area contributed by atoms with Crippen LogP contribution in [-0.4, -0.2) is 41.8 Å². The van der Waals surface area contributed by atoms with E-state index in [4.69, 9.17) is 24.0 Å². The van der Waals surface area contributed by atoms with Crippen molar-refractivity contribution in [1.29, 1.82) is 0 Å². The lowest BCUT2D eigenvalue weighted by Crippen LogP contribution is -2.70. The second kappa shape index (κ2) is 7.64. The average molecular weight is 397 g/mol. The van der Waals surface area contributed by atoms with E-state index in [0.29, 0.717) is 24.9 Å². The van der Waals surface area contributed by atoms with Gasteiger partial charge in [0.05, 0.1) is 12.7 Å². The van der Waals surface area contributed by atoms with Gasteiger partial charge in [-0.2, -0.15) is 0 Å². The van der Waals surface area contributed by atoms with Crippen molar-refractivity contribution in [2.45, 2.75) is 96.8 Å². The third-order valence-electron chi connectivity index (χ3n) is 7.32. The van der Waals surface area contributed by atoms with Crippen molar-refractivity contribution in [2.24, 2.45) is 23.7 Å². The molecular formula is C22H36O6. The lowest BCUT2D eigenvalue weighted by molar-refractivity contribution is -0.577. The maximum Gasteiger partial charge on any atom is 0.201 e. The minimum absolute atomic E-state index is 0.168. The van der Waals surface area contributed by atoms with Crippen LogP contribution in [0.3, 0.4) is 0 Å². The molecule has 1 aliphatic carbocycles. The van der Waals surface area contributed by atoms with Crippen molar-refractivity contribution in [3.63, 3.8) is 0 Å². The quantitative estimate of drug-likeness (QED) is 0.561. The summed E-state index contributed by atoms with van der Waals surface area (Å²) in [6, 6.07) is 0. The molecule has 0 aromatic carbocycles. The zero-order valence-corrected chi connectivity index (χ0v) is 17.8. The molecule has 0 aromatic rings. The van der Waals surface area contributed by atoms with Crippen molar-refractivity contribution in [2.75, 3.05) is 6.61 Å². The highest BCUT2D eigenvalue weighted by Gasteiger charge is 2.69. The maximum atomic E-state index is 10.1. The summed E-state index contributed by atoms with van der Waals surface area (Å²) in [5.41, 5.74) is 0.557. The molecule has 0 radical (unpaired) electrons. The average Bonchev–Trinajstić information content (AvgIpc) is 2.85. The SMILES string of the molecule is CC(C)=CC(O)CCOC1O[C@@H]2O[C@@]3(C)CC[C@H]4[C@H](C)CC[C@@H]([C@H]1C)[C@@]24OO3. The summed E-state index contributed by atoms with van der Waals surface area (Å²) in [6.07, 6.45) is 5.16. The Morgan fingerprint density at radius 3 is 2.71 bits per heavy atom. The van der Waals surface area contributed by atoms with Crippen LogP contribution in [0.1, 0.15) is 66.7 Å². The van der Waals surface area contributed by atoms with Gasteiger partial charge in [0.1, 0.15) is 0 Å². The molecular weight excluding hydrogens is 360 g/mol. The summed E-state index contributed by atoms with van der Waals surface area (Å²) in [5.74, 6) is 0.592. The molecule has 2 unspecified atom stereocenters. The Morgan fingerprint density at radius 2 is 1.96 bits per heavy atom. The van der Waals surface area contributed by atoms with Gasteiger partial charge in [0.25, 0.3) is 0 Å². The zero-order valence-electron chi connectivity index (χ0n) is 17.8. The van der Waals surface area contributed by atoms with Crippen LogP contribution in [-0.2, 0) is 24.0 Å². The van der Waals surface area contributed by atoms with Gasteiger partial charge in [-0.05, 0) is 51.9 Å². The van der Waals surface area contributed by atoms with E-state index in [2.05, 4.69) is 13.8 Å². The van der Waals surface area contributed by atoms with Gasteiger partial charge in [0.2, 0.25) is 5.79 Å². The fourth-order valence-corrected chi connectivity index (χ4v) is 5.84. The number of rotatable bonds is 5. The van der Waals surface area contributed by atoms with Crippen LogP contribution in [0.15, 0.2) is 11.6 Å². The number of hydrogen-bond donors (Lipinski definition) is 1. The van der Waals surface area contributed by atoms with E-state index in [1.807, 2.05) is 26.8 Å². The standard InChI is InChI=1S/C22H36O6/c1-13(2)12-16(23)9-11-24-19-15(4)18-7-6-14(3)17-8-10-21(5)26-20(25-19)22(17,18)28-27-21/h12,14-20,23H,6-11H2,1-5H3/t14-,15-,16?,17+,18+,19?,20-,21-,22-/m1/s1. The summed E-state index contributed by atoms with van der Waals surface area (Å²) in [7, 11) is 0. The van der Waals surface area contributed by atoms with E-state index in [0.717, 1.165) is 24.8 Å². The van der Waals surface area contributed by atoms with Gasteiger partial charge in [0.15, 0.2) is 18.2 Å². The van der Waals surface area contributed by atoms with Crippen molar-refractivity contribution in [3.05, 3.63) is 11.6 Å². The monoisotopic (exact) mass is 396 g/mol. The van der Waals surface area contributed by atoms with Gasteiger partial charge < -0.3 is 19.3 Å². The molecule has 5 aliphatic rings. The molecule has 6 heteroatoms. The lowest BCUT2D eigenvalue weighted by Gasteiger charge is -2.60. The first-order chi connectivity index (χ1) is 13.2. The fourth-order valence-electron chi connectivity index (χ4n) is 5.84. The van der Waals surface area contributed by atoms with Crippen LogP contribution in [0, 0.1) is 23.7 Å². The molecule has 160 valence electrons. The Morgan fingerprint density at radius 1 is 1.18 bits per heavy atom. The van der Waals surface area contributed by atoms with Gasteiger partial charge in [0, 0.05) is 24.7 Å². The summed E-state index contributed by atoms with van der Waals surface area (Å²) >= 11 is 0. The summed E-state index contributed by atoms with van der Waals surface area (Å²) in [6.45, 7) is 10.8. The van der Waals surface area contributed by atoms with Crippen LogP contribution >= 0.6 is 0 Å². The third-order valence-corrected chi connectivity index (χ3v) is 7.32. The summed E-state index contributed by atoms with van der Waals surface area (Å²) in [5, 5.41) is 10.1. The Kier molecular flexibility index (Phi) is 5.66. The molecule has 28 heavy (non-hydrogen) atoms. The Hall–Kier alpha value is -0.500. The lowest BCUT2D eigenvalue weighted by atomic mass is 9.58. The van der Waals surface area contributed by atoms with Crippen molar-refractivity contribution >= 4 is 0 Å². The van der Waals surface area contributed by atoms with Crippen LogP contribution in [0.2, 0.25) is 0 Å². The van der Waals surface area contributed by atoms with Crippen molar-refractivity contribution in [3.8, 4) is 0 Å². The second-order valence-corrected chi connectivity index (χ2v) is 9.74. The summed E-state index contributed by atoms with van der Waals surface area (Å²) in [4.78, 5) is 12.0. The number of hydrogen-bond acceptors (Lipinski definition) is 6. The third kappa shape index (κ3) is 3.46. The molecule has 5 rings (SSSR count). The van der Waals surface area contributed by atoms with E-state index in [1.54, 1.807) is 0 Å². The van der Waals surface area contributed by atoms with E-state index < -0.39 is 23.8 Å². The molecule has 4 aliphatic heterocycles. The molecule has 0 amide bonds.